The van der Waals surface area contributed by atoms with Crippen molar-refractivity contribution in [2.45, 2.75) is 32.1 Å². The summed E-state index contributed by atoms with van der Waals surface area (Å²) in [6.45, 7) is 1.79. The number of benzene rings is 2. The van der Waals surface area contributed by atoms with Gasteiger partial charge in [0.05, 0.1) is 0 Å². The van der Waals surface area contributed by atoms with E-state index in [2.05, 4.69) is 0 Å². The molecule has 90 valence electrons. The summed E-state index contributed by atoms with van der Waals surface area (Å²) in [5.41, 5.74) is 0.738. The quantitative estimate of drug-likeness (QED) is 0.711. The van der Waals surface area contributed by atoms with E-state index in [0.29, 0.717) is 6.42 Å². The molecule has 0 saturated heterocycles. The molecule has 2 aromatic carbocycles. The fourth-order valence-electron chi connectivity index (χ4n) is 2.18. The Balaban J connectivity index is 2.36. The number of alkyl halides is 2. The summed E-state index contributed by atoms with van der Waals surface area (Å²) in [7, 11) is 0. The Morgan fingerprint density at radius 2 is 1.71 bits per heavy atom. The normalized spacial score (nSPS) is 11.9. The van der Waals surface area contributed by atoms with E-state index in [4.69, 9.17) is 0 Å². The Labute approximate surface area is 100 Å². The first kappa shape index (κ1) is 12.0. The van der Waals surface area contributed by atoms with Gasteiger partial charge in [0, 0.05) is 12.8 Å². The number of hydrogen-bond acceptors (Lipinski definition) is 0. The van der Waals surface area contributed by atoms with E-state index in [-0.39, 0.29) is 12.8 Å². The van der Waals surface area contributed by atoms with Crippen LogP contribution in [0.15, 0.2) is 42.5 Å². The van der Waals surface area contributed by atoms with Gasteiger partial charge in [-0.15, -0.1) is 0 Å². The molecule has 2 heteroatoms. The minimum atomic E-state index is -2.60. The lowest BCUT2D eigenvalue weighted by Gasteiger charge is -2.16. The van der Waals surface area contributed by atoms with Crippen LogP contribution in [0.2, 0.25) is 0 Å². The summed E-state index contributed by atoms with van der Waals surface area (Å²) in [5, 5.41) is 1.96. The van der Waals surface area contributed by atoms with Crippen LogP contribution < -0.4 is 0 Å². The van der Waals surface area contributed by atoms with E-state index in [9.17, 15) is 8.78 Å². The van der Waals surface area contributed by atoms with Gasteiger partial charge in [-0.1, -0.05) is 55.8 Å². The van der Waals surface area contributed by atoms with Gasteiger partial charge < -0.3 is 0 Å². The molecule has 0 heterocycles. The molecule has 0 fully saturated rings. The highest BCUT2D eigenvalue weighted by Crippen LogP contribution is 2.29. The lowest BCUT2D eigenvalue weighted by molar-refractivity contribution is -0.00742. The number of rotatable bonds is 4. The Morgan fingerprint density at radius 1 is 1.00 bits per heavy atom. The molecule has 0 N–H and O–H groups in total. The molecule has 0 nitrogen and oxygen atoms in total. The minimum Gasteiger partial charge on any atom is -0.207 e. The maximum Gasteiger partial charge on any atom is 0.252 e. The zero-order valence-corrected chi connectivity index (χ0v) is 9.92. The van der Waals surface area contributed by atoms with Crippen LogP contribution in [0, 0.1) is 0 Å². The Hall–Kier alpha value is -1.44. The summed E-state index contributed by atoms with van der Waals surface area (Å²) in [6, 6.07) is 13.3. The van der Waals surface area contributed by atoms with Gasteiger partial charge in [-0.05, 0) is 16.3 Å². The predicted octanol–water partition coefficient (Wildman–Crippen LogP) is 4.82. The summed E-state index contributed by atoms with van der Waals surface area (Å²) in [4.78, 5) is 0. The molecule has 0 aliphatic heterocycles. The van der Waals surface area contributed by atoms with Gasteiger partial charge in [-0.2, -0.15) is 0 Å². The Kier molecular flexibility index (Phi) is 3.41. The molecule has 0 aliphatic rings. The maximum absolute atomic E-state index is 13.6. The molecule has 0 bridgehead atoms. The fourth-order valence-corrected chi connectivity index (χ4v) is 2.18. The topological polar surface area (TPSA) is 0 Å². The molecule has 0 spiro atoms. The molecule has 0 aliphatic carbocycles. The zero-order chi connectivity index (χ0) is 12.3. The third-order valence-corrected chi connectivity index (χ3v) is 2.94. The molecule has 0 unspecified atom stereocenters. The van der Waals surface area contributed by atoms with Crippen molar-refractivity contribution in [1.82, 2.24) is 0 Å². The van der Waals surface area contributed by atoms with E-state index in [1.807, 2.05) is 36.4 Å². The summed E-state index contributed by atoms with van der Waals surface area (Å²) < 4.78 is 27.3. The molecule has 2 rings (SSSR count). The van der Waals surface area contributed by atoms with Gasteiger partial charge in [-0.25, -0.2) is 8.78 Å². The standard InChI is InChI=1S/C15H16F2/c1-2-10-15(16,17)11-13-8-5-7-12-6-3-4-9-14(12)13/h3-9H,2,10-11H2,1H3. The predicted molar refractivity (Wildman–Crippen MR) is 67.5 cm³/mol. The Morgan fingerprint density at radius 3 is 2.47 bits per heavy atom. The van der Waals surface area contributed by atoms with Gasteiger partial charge in [0.2, 0.25) is 0 Å². The van der Waals surface area contributed by atoms with E-state index in [1.54, 1.807) is 13.0 Å². The van der Waals surface area contributed by atoms with Crippen molar-refractivity contribution < 1.29 is 8.78 Å². The van der Waals surface area contributed by atoms with Crippen LogP contribution in [-0.2, 0) is 6.42 Å². The number of hydrogen-bond donors (Lipinski definition) is 0. The van der Waals surface area contributed by atoms with Crippen molar-refractivity contribution in [3.8, 4) is 0 Å². The highest BCUT2D eigenvalue weighted by Gasteiger charge is 2.28. The Bertz CT molecular complexity index is 498. The van der Waals surface area contributed by atoms with Crippen LogP contribution in [0.3, 0.4) is 0 Å². The molecular weight excluding hydrogens is 218 g/mol. The first-order valence-electron chi connectivity index (χ1n) is 5.97. The first-order chi connectivity index (χ1) is 8.12. The average Bonchev–Trinajstić information content (AvgIpc) is 2.29. The smallest absolute Gasteiger partial charge is 0.207 e. The third-order valence-electron chi connectivity index (χ3n) is 2.94. The van der Waals surface area contributed by atoms with E-state index in [0.717, 1.165) is 16.3 Å². The van der Waals surface area contributed by atoms with E-state index in [1.165, 1.54) is 0 Å². The lowest BCUT2D eigenvalue weighted by Crippen LogP contribution is -2.19. The number of fused-ring (bicyclic) bond motifs is 1. The summed E-state index contributed by atoms with van der Waals surface area (Å²) in [6.07, 6.45) is 0.302. The van der Waals surface area contributed by atoms with Crippen LogP contribution >= 0.6 is 0 Å². The summed E-state index contributed by atoms with van der Waals surface area (Å²) >= 11 is 0. The highest BCUT2D eigenvalue weighted by atomic mass is 19.3. The van der Waals surface area contributed by atoms with Crippen LogP contribution in [0.25, 0.3) is 10.8 Å². The molecule has 17 heavy (non-hydrogen) atoms. The van der Waals surface area contributed by atoms with Gasteiger partial charge in [0.25, 0.3) is 5.92 Å². The van der Waals surface area contributed by atoms with Crippen LogP contribution in [0.1, 0.15) is 25.3 Å². The van der Waals surface area contributed by atoms with Crippen molar-refractivity contribution in [3.05, 3.63) is 48.0 Å². The maximum atomic E-state index is 13.6. The molecule has 0 saturated carbocycles. The molecular formula is C15H16F2. The molecule has 0 amide bonds. The lowest BCUT2D eigenvalue weighted by atomic mass is 9.98. The van der Waals surface area contributed by atoms with Crippen molar-refractivity contribution in [2.24, 2.45) is 0 Å². The monoisotopic (exact) mass is 234 g/mol. The van der Waals surface area contributed by atoms with E-state index < -0.39 is 5.92 Å². The largest absolute Gasteiger partial charge is 0.252 e. The molecule has 0 atom stereocenters. The van der Waals surface area contributed by atoms with Gasteiger partial charge in [0.15, 0.2) is 0 Å². The van der Waals surface area contributed by atoms with Crippen LogP contribution in [0.5, 0.6) is 0 Å². The molecule has 0 radical (unpaired) electrons. The van der Waals surface area contributed by atoms with Gasteiger partial charge in [-0.3, -0.25) is 0 Å². The highest BCUT2D eigenvalue weighted by molar-refractivity contribution is 5.85. The van der Waals surface area contributed by atoms with Crippen molar-refractivity contribution >= 4 is 10.8 Å². The molecule has 0 aromatic heterocycles. The minimum absolute atomic E-state index is 0.0454. The first-order valence-corrected chi connectivity index (χ1v) is 5.97. The van der Waals surface area contributed by atoms with Crippen molar-refractivity contribution in [2.75, 3.05) is 0 Å². The zero-order valence-electron chi connectivity index (χ0n) is 9.92. The number of halogens is 2. The second-order valence-corrected chi connectivity index (χ2v) is 4.42. The summed E-state index contributed by atoms with van der Waals surface area (Å²) in [5.74, 6) is -2.60. The van der Waals surface area contributed by atoms with Crippen LogP contribution in [-0.4, -0.2) is 5.92 Å². The molecule has 2 aromatic rings. The third kappa shape index (κ3) is 2.82. The van der Waals surface area contributed by atoms with Gasteiger partial charge >= 0.3 is 0 Å². The van der Waals surface area contributed by atoms with E-state index >= 15 is 0 Å². The SMILES string of the molecule is CCCC(F)(F)Cc1cccc2ccccc12. The van der Waals surface area contributed by atoms with Crippen molar-refractivity contribution in [1.29, 1.82) is 0 Å². The fraction of sp³-hybridized carbons (Fsp3) is 0.333. The van der Waals surface area contributed by atoms with Gasteiger partial charge in [0.1, 0.15) is 0 Å². The second kappa shape index (κ2) is 4.82. The van der Waals surface area contributed by atoms with Crippen LogP contribution in [0.4, 0.5) is 8.78 Å². The average molecular weight is 234 g/mol. The van der Waals surface area contributed by atoms with Crippen molar-refractivity contribution in [3.63, 3.8) is 0 Å². The second-order valence-electron chi connectivity index (χ2n) is 4.42.